The second-order valence-corrected chi connectivity index (χ2v) is 7.15. The molecule has 0 bridgehead atoms. The monoisotopic (exact) mass is 295 g/mol. The Hall–Kier alpha value is -1.20. The molecule has 0 aliphatic heterocycles. The molecule has 0 spiro atoms. The first-order valence-corrected chi connectivity index (χ1v) is 7.77. The minimum Gasteiger partial charge on any atom is -0.495 e. The van der Waals surface area contributed by atoms with Crippen LogP contribution < -0.4 is 4.74 Å². The maximum atomic E-state index is 12.2. The first kappa shape index (κ1) is 14.2. The molecule has 0 N–H and O–H groups in total. The van der Waals surface area contributed by atoms with E-state index in [2.05, 4.69) is 25.8 Å². The van der Waals surface area contributed by atoms with E-state index in [9.17, 15) is 4.79 Å². The third-order valence-corrected chi connectivity index (χ3v) is 4.52. The predicted octanol–water partition coefficient (Wildman–Crippen LogP) is 3.94. The Bertz CT molecular complexity index is 578. The molecule has 0 amide bonds. The SMILES string of the molecule is COc1ccsc1C(=O)Cc1nc(C(C)(C)C)cs1. The van der Waals surface area contributed by atoms with E-state index in [-0.39, 0.29) is 11.2 Å². The molecule has 102 valence electrons. The number of thiophene rings is 1. The number of carbonyl (C=O) groups excluding carboxylic acids is 1. The van der Waals surface area contributed by atoms with Gasteiger partial charge in [-0.25, -0.2) is 4.98 Å². The topological polar surface area (TPSA) is 39.2 Å². The quantitative estimate of drug-likeness (QED) is 0.802. The third kappa shape index (κ3) is 3.22. The largest absolute Gasteiger partial charge is 0.495 e. The van der Waals surface area contributed by atoms with E-state index in [0.29, 0.717) is 17.0 Å². The molecule has 2 heterocycles. The van der Waals surface area contributed by atoms with Gasteiger partial charge in [0, 0.05) is 10.8 Å². The van der Waals surface area contributed by atoms with Gasteiger partial charge in [-0.1, -0.05) is 20.8 Å². The molecule has 0 saturated carbocycles. The van der Waals surface area contributed by atoms with Crippen LogP contribution >= 0.6 is 22.7 Å². The maximum absolute atomic E-state index is 12.2. The molecule has 0 aliphatic rings. The highest BCUT2D eigenvalue weighted by atomic mass is 32.1. The minimum atomic E-state index is 0.0262. The van der Waals surface area contributed by atoms with Crippen LogP contribution in [0, 0.1) is 0 Å². The zero-order valence-corrected chi connectivity index (χ0v) is 13.2. The zero-order chi connectivity index (χ0) is 14.0. The van der Waals surface area contributed by atoms with Crippen molar-refractivity contribution in [1.82, 2.24) is 4.98 Å². The molecule has 5 heteroatoms. The van der Waals surface area contributed by atoms with Crippen molar-refractivity contribution in [3.05, 3.63) is 32.4 Å². The first-order valence-electron chi connectivity index (χ1n) is 6.01. The average molecular weight is 295 g/mol. The van der Waals surface area contributed by atoms with Crippen LogP contribution in [0.3, 0.4) is 0 Å². The summed E-state index contributed by atoms with van der Waals surface area (Å²) in [5.41, 5.74) is 1.07. The van der Waals surface area contributed by atoms with Crippen LogP contribution in [0.25, 0.3) is 0 Å². The zero-order valence-electron chi connectivity index (χ0n) is 11.5. The highest BCUT2D eigenvalue weighted by molar-refractivity contribution is 7.12. The molecule has 0 aliphatic carbocycles. The van der Waals surface area contributed by atoms with Gasteiger partial charge in [0.15, 0.2) is 5.78 Å². The number of hydrogen-bond acceptors (Lipinski definition) is 5. The fourth-order valence-corrected chi connectivity index (χ4v) is 3.43. The Labute approximate surface area is 121 Å². The van der Waals surface area contributed by atoms with Crippen molar-refractivity contribution in [2.24, 2.45) is 0 Å². The average Bonchev–Trinajstić information content (AvgIpc) is 2.95. The molecule has 19 heavy (non-hydrogen) atoms. The number of hydrogen-bond donors (Lipinski definition) is 0. The number of rotatable bonds is 4. The first-order chi connectivity index (χ1) is 8.91. The lowest BCUT2D eigenvalue weighted by molar-refractivity contribution is 0.0994. The van der Waals surface area contributed by atoms with Crippen molar-refractivity contribution in [1.29, 1.82) is 0 Å². The van der Waals surface area contributed by atoms with Gasteiger partial charge in [-0.3, -0.25) is 4.79 Å². The number of Topliss-reactive ketones (excluding diaryl/α,β-unsaturated/α-hetero) is 1. The highest BCUT2D eigenvalue weighted by Crippen LogP contribution is 2.28. The van der Waals surface area contributed by atoms with Gasteiger partial charge in [0.05, 0.1) is 19.2 Å². The van der Waals surface area contributed by atoms with Crippen LogP contribution in [0.1, 0.15) is 41.1 Å². The fraction of sp³-hybridized carbons (Fsp3) is 0.429. The van der Waals surface area contributed by atoms with Crippen LogP contribution in [-0.2, 0) is 11.8 Å². The van der Waals surface area contributed by atoms with Crippen LogP contribution in [0.15, 0.2) is 16.8 Å². The predicted molar refractivity (Wildman–Crippen MR) is 79.7 cm³/mol. The lowest BCUT2D eigenvalue weighted by Crippen LogP contribution is -2.12. The van der Waals surface area contributed by atoms with Crippen molar-refractivity contribution in [3.8, 4) is 5.75 Å². The fourth-order valence-electron chi connectivity index (χ4n) is 1.62. The molecule has 0 aromatic carbocycles. The normalized spacial score (nSPS) is 11.6. The number of thiazole rings is 1. The van der Waals surface area contributed by atoms with Crippen LogP contribution in [0.4, 0.5) is 0 Å². The smallest absolute Gasteiger partial charge is 0.183 e. The van der Waals surface area contributed by atoms with Gasteiger partial charge in [0.1, 0.15) is 15.6 Å². The standard InChI is InChI=1S/C14H17NO2S2/c1-14(2,3)11-8-19-12(15-11)7-9(16)13-10(17-4)5-6-18-13/h5-6,8H,7H2,1-4H3. The summed E-state index contributed by atoms with van der Waals surface area (Å²) in [7, 11) is 1.58. The van der Waals surface area contributed by atoms with Gasteiger partial charge in [-0.2, -0.15) is 0 Å². The highest BCUT2D eigenvalue weighted by Gasteiger charge is 2.20. The Morgan fingerprint density at radius 2 is 2.11 bits per heavy atom. The van der Waals surface area contributed by atoms with Crippen molar-refractivity contribution in [2.45, 2.75) is 32.6 Å². The molecule has 0 saturated heterocycles. The summed E-state index contributed by atoms with van der Waals surface area (Å²) < 4.78 is 5.18. The second-order valence-electron chi connectivity index (χ2n) is 5.29. The van der Waals surface area contributed by atoms with Gasteiger partial charge in [0.25, 0.3) is 0 Å². The van der Waals surface area contributed by atoms with Crippen LogP contribution in [-0.4, -0.2) is 17.9 Å². The van der Waals surface area contributed by atoms with Crippen LogP contribution in [0.5, 0.6) is 5.75 Å². The molecule has 0 radical (unpaired) electrons. The summed E-state index contributed by atoms with van der Waals surface area (Å²) in [6.45, 7) is 6.36. The van der Waals surface area contributed by atoms with E-state index < -0.39 is 0 Å². The molecule has 0 atom stereocenters. The molecule has 2 aromatic rings. The molecular formula is C14H17NO2S2. The van der Waals surface area contributed by atoms with Crippen molar-refractivity contribution in [3.63, 3.8) is 0 Å². The number of carbonyl (C=O) groups is 1. The molecular weight excluding hydrogens is 278 g/mol. The van der Waals surface area contributed by atoms with E-state index in [1.165, 1.54) is 11.3 Å². The summed E-state index contributed by atoms with van der Waals surface area (Å²) in [5, 5.41) is 4.77. The Morgan fingerprint density at radius 3 is 2.68 bits per heavy atom. The molecule has 0 unspecified atom stereocenters. The van der Waals surface area contributed by atoms with E-state index in [4.69, 9.17) is 4.74 Å². The second kappa shape index (κ2) is 5.43. The van der Waals surface area contributed by atoms with E-state index in [1.807, 2.05) is 16.8 Å². The number of ketones is 1. The van der Waals surface area contributed by atoms with Crippen molar-refractivity contribution in [2.75, 3.05) is 7.11 Å². The maximum Gasteiger partial charge on any atom is 0.183 e. The summed E-state index contributed by atoms with van der Waals surface area (Å²) in [4.78, 5) is 17.4. The molecule has 2 rings (SSSR count). The van der Waals surface area contributed by atoms with Gasteiger partial charge in [0.2, 0.25) is 0 Å². The minimum absolute atomic E-state index is 0.0262. The van der Waals surface area contributed by atoms with E-state index in [1.54, 1.807) is 18.4 Å². The molecule has 0 fully saturated rings. The van der Waals surface area contributed by atoms with Crippen molar-refractivity contribution < 1.29 is 9.53 Å². The Kier molecular flexibility index (Phi) is 4.06. The Morgan fingerprint density at radius 1 is 1.37 bits per heavy atom. The number of nitrogens with zero attached hydrogens (tertiary/aromatic N) is 1. The summed E-state index contributed by atoms with van der Waals surface area (Å²) in [6.07, 6.45) is 0.345. The summed E-state index contributed by atoms with van der Waals surface area (Å²) in [5.74, 6) is 0.726. The van der Waals surface area contributed by atoms with Crippen molar-refractivity contribution >= 4 is 28.5 Å². The Balaban J connectivity index is 2.14. The van der Waals surface area contributed by atoms with E-state index >= 15 is 0 Å². The van der Waals surface area contributed by atoms with Gasteiger partial charge in [-0.05, 0) is 11.4 Å². The van der Waals surface area contributed by atoms with Gasteiger partial charge < -0.3 is 4.74 Å². The summed E-state index contributed by atoms with van der Waals surface area (Å²) >= 11 is 2.96. The third-order valence-electron chi connectivity index (χ3n) is 2.73. The summed E-state index contributed by atoms with van der Waals surface area (Å²) in [6, 6.07) is 1.82. The van der Waals surface area contributed by atoms with Gasteiger partial charge >= 0.3 is 0 Å². The molecule has 2 aromatic heterocycles. The number of methoxy groups -OCH3 is 1. The number of aromatic nitrogens is 1. The van der Waals surface area contributed by atoms with Gasteiger partial charge in [-0.15, -0.1) is 22.7 Å². The molecule has 3 nitrogen and oxygen atoms in total. The van der Waals surface area contributed by atoms with Crippen LogP contribution in [0.2, 0.25) is 0 Å². The lowest BCUT2D eigenvalue weighted by atomic mass is 9.93. The van der Waals surface area contributed by atoms with E-state index in [0.717, 1.165) is 10.7 Å². The lowest BCUT2D eigenvalue weighted by Gasteiger charge is -2.14. The number of ether oxygens (including phenoxy) is 1.